The number of hydrogen-bond acceptors (Lipinski definition) is 5. The van der Waals surface area contributed by atoms with E-state index in [0.29, 0.717) is 35.5 Å². The minimum atomic E-state index is -0.204. The van der Waals surface area contributed by atoms with Gasteiger partial charge in [-0.1, -0.05) is 12.6 Å². The van der Waals surface area contributed by atoms with E-state index in [1.54, 1.807) is 23.4 Å². The summed E-state index contributed by atoms with van der Waals surface area (Å²) in [5.74, 6) is 0.484. The highest BCUT2D eigenvalue weighted by Crippen LogP contribution is 2.31. The average molecular weight is 400 g/mol. The average Bonchev–Trinajstić information content (AvgIpc) is 3.43. The number of H-pyrrole nitrogens is 2. The normalized spacial score (nSPS) is 16.4. The second-order valence-corrected chi connectivity index (χ2v) is 7.60. The van der Waals surface area contributed by atoms with Crippen molar-refractivity contribution in [1.29, 1.82) is 0 Å². The Bertz CT molecular complexity index is 1370. The van der Waals surface area contributed by atoms with Crippen LogP contribution >= 0.6 is 0 Å². The molecule has 1 aliphatic rings. The lowest BCUT2D eigenvalue weighted by atomic mass is 10.00. The minimum Gasteiger partial charge on any atom is -0.338 e. The van der Waals surface area contributed by atoms with Gasteiger partial charge in [0, 0.05) is 30.0 Å². The molecule has 4 heterocycles. The van der Waals surface area contributed by atoms with Crippen LogP contribution in [0.5, 0.6) is 0 Å². The van der Waals surface area contributed by atoms with E-state index in [0.717, 1.165) is 28.5 Å². The first-order valence-electron chi connectivity index (χ1n) is 9.79. The zero-order valence-electron chi connectivity index (χ0n) is 16.5. The summed E-state index contributed by atoms with van der Waals surface area (Å²) in [5, 5.41) is 8.54. The summed E-state index contributed by atoms with van der Waals surface area (Å²) < 4.78 is 0. The maximum atomic E-state index is 12.9. The van der Waals surface area contributed by atoms with Gasteiger partial charge in [-0.2, -0.15) is 5.10 Å². The van der Waals surface area contributed by atoms with E-state index < -0.39 is 0 Å². The van der Waals surface area contributed by atoms with E-state index in [-0.39, 0.29) is 17.4 Å². The number of likely N-dealkylation sites (tertiary alicyclic amines) is 1. The van der Waals surface area contributed by atoms with Crippen LogP contribution in [0.2, 0.25) is 0 Å². The largest absolute Gasteiger partial charge is 0.338 e. The van der Waals surface area contributed by atoms with Crippen LogP contribution in [-0.2, 0) is 4.79 Å². The van der Waals surface area contributed by atoms with Crippen LogP contribution in [-0.4, -0.2) is 49.0 Å². The molecule has 4 aromatic rings. The number of benzene rings is 1. The van der Waals surface area contributed by atoms with Gasteiger partial charge in [0.25, 0.3) is 5.56 Å². The number of aromatic nitrogens is 5. The molecular weight excluding hydrogens is 380 g/mol. The van der Waals surface area contributed by atoms with Gasteiger partial charge in [0.1, 0.15) is 5.82 Å². The van der Waals surface area contributed by atoms with E-state index in [9.17, 15) is 9.59 Å². The topological polar surface area (TPSA) is 108 Å². The summed E-state index contributed by atoms with van der Waals surface area (Å²) in [7, 11) is 0. The van der Waals surface area contributed by atoms with Gasteiger partial charge >= 0.3 is 0 Å². The maximum Gasteiger partial charge on any atom is 0.258 e. The number of nitrogens with zero attached hydrogens (tertiary/aromatic N) is 4. The lowest BCUT2D eigenvalue weighted by molar-refractivity contribution is -0.125. The van der Waals surface area contributed by atoms with E-state index in [1.165, 1.54) is 6.08 Å². The SMILES string of the molecule is C=CC(=O)N1CCC(c2nc3cnc(-c4c(C)ccc5[nH]ncc45)cc3c(=O)[nH]2)C1. The van der Waals surface area contributed by atoms with Crippen LogP contribution in [0, 0.1) is 6.92 Å². The number of hydrogen-bond donors (Lipinski definition) is 2. The number of amides is 1. The zero-order chi connectivity index (χ0) is 20.8. The summed E-state index contributed by atoms with van der Waals surface area (Å²) in [4.78, 5) is 38.6. The molecule has 30 heavy (non-hydrogen) atoms. The van der Waals surface area contributed by atoms with Crippen molar-refractivity contribution in [3.8, 4) is 11.3 Å². The van der Waals surface area contributed by atoms with Gasteiger partial charge in [0.2, 0.25) is 5.91 Å². The van der Waals surface area contributed by atoms with Crippen LogP contribution < -0.4 is 5.56 Å². The van der Waals surface area contributed by atoms with E-state index in [2.05, 4.69) is 31.7 Å². The number of rotatable bonds is 3. The Morgan fingerprint density at radius 3 is 3.00 bits per heavy atom. The molecule has 1 aromatic carbocycles. The molecule has 3 aromatic heterocycles. The molecule has 1 amide bonds. The van der Waals surface area contributed by atoms with Gasteiger partial charge in [0.05, 0.1) is 34.5 Å². The monoisotopic (exact) mass is 400 g/mol. The molecule has 8 nitrogen and oxygen atoms in total. The van der Waals surface area contributed by atoms with Crippen molar-refractivity contribution in [3.63, 3.8) is 0 Å². The number of pyridine rings is 1. The molecule has 0 bridgehead atoms. The third kappa shape index (κ3) is 2.88. The Morgan fingerprint density at radius 2 is 2.17 bits per heavy atom. The molecule has 0 aliphatic carbocycles. The van der Waals surface area contributed by atoms with Crippen molar-refractivity contribution >= 4 is 27.7 Å². The molecule has 1 aliphatic heterocycles. The number of aromatic amines is 2. The highest BCUT2D eigenvalue weighted by atomic mass is 16.2. The van der Waals surface area contributed by atoms with Crippen molar-refractivity contribution < 1.29 is 4.79 Å². The van der Waals surface area contributed by atoms with Crippen molar-refractivity contribution in [2.24, 2.45) is 0 Å². The Morgan fingerprint density at radius 1 is 1.30 bits per heavy atom. The van der Waals surface area contributed by atoms with E-state index >= 15 is 0 Å². The second kappa shape index (κ2) is 6.91. The molecule has 150 valence electrons. The molecule has 1 atom stereocenters. The molecular formula is C22H20N6O2. The second-order valence-electron chi connectivity index (χ2n) is 7.60. The number of carbonyl (C=O) groups excluding carboxylic acids is 1. The Hall–Kier alpha value is -3.81. The molecule has 0 saturated carbocycles. The highest BCUT2D eigenvalue weighted by Gasteiger charge is 2.28. The third-order valence-electron chi connectivity index (χ3n) is 5.76. The number of fused-ring (bicyclic) bond motifs is 2. The smallest absolute Gasteiger partial charge is 0.258 e. The number of carbonyl (C=O) groups is 1. The lowest BCUT2D eigenvalue weighted by Gasteiger charge is -2.14. The standard InChI is InChI=1S/C22H20N6O2/c1-3-19(29)28-7-6-13(11-28)21-25-18-10-23-17(8-14(18)22(30)26-21)20-12(2)4-5-16-15(20)9-24-27-16/h3-5,8-10,13H,1,6-7,11H2,2H3,(H,24,27)(H,25,26,30). The van der Waals surface area contributed by atoms with Crippen molar-refractivity contribution in [1.82, 2.24) is 30.0 Å². The fourth-order valence-corrected chi connectivity index (χ4v) is 4.17. The minimum absolute atomic E-state index is 0.00685. The summed E-state index contributed by atoms with van der Waals surface area (Å²) >= 11 is 0. The van der Waals surface area contributed by atoms with Crippen LogP contribution in [0.25, 0.3) is 33.1 Å². The van der Waals surface area contributed by atoms with Gasteiger partial charge < -0.3 is 9.88 Å². The first-order chi connectivity index (χ1) is 14.5. The van der Waals surface area contributed by atoms with Crippen LogP contribution in [0.4, 0.5) is 0 Å². The first kappa shape index (κ1) is 18.2. The van der Waals surface area contributed by atoms with Gasteiger partial charge in [0.15, 0.2) is 0 Å². The molecule has 0 spiro atoms. The summed E-state index contributed by atoms with van der Waals surface area (Å²) in [6.45, 7) is 6.69. The van der Waals surface area contributed by atoms with Crippen molar-refractivity contribution in [2.75, 3.05) is 13.1 Å². The third-order valence-corrected chi connectivity index (χ3v) is 5.76. The summed E-state index contributed by atoms with van der Waals surface area (Å²) in [5.41, 5.74) is 3.96. The molecule has 5 rings (SSSR count). The molecule has 8 heteroatoms. The number of aryl methyl sites for hydroxylation is 1. The Labute approximate surface area is 171 Å². The molecule has 1 unspecified atom stereocenters. The first-order valence-corrected chi connectivity index (χ1v) is 9.79. The zero-order valence-corrected chi connectivity index (χ0v) is 16.5. The van der Waals surface area contributed by atoms with Crippen LogP contribution in [0.3, 0.4) is 0 Å². The van der Waals surface area contributed by atoms with Crippen LogP contribution in [0.15, 0.2) is 48.0 Å². The van der Waals surface area contributed by atoms with Gasteiger partial charge in [-0.3, -0.25) is 19.7 Å². The number of nitrogens with one attached hydrogen (secondary N) is 2. The lowest BCUT2D eigenvalue weighted by Crippen LogP contribution is -2.27. The fraction of sp³-hybridized carbons (Fsp3) is 0.227. The van der Waals surface area contributed by atoms with Crippen molar-refractivity contribution in [2.45, 2.75) is 19.3 Å². The summed E-state index contributed by atoms with van der Waals surface area (Å²) in [6.07, 6.45) is 5.48. The predicted octanol–water partition coefficient (Wildman–Crippen LogP) is 2.67. The molecule has 2 N–H and O–H groups in total. The Kier molecular flexibility index (Phi) is 4.20. The molecule has 1 fully saturated rings. The maximum absolute atomic E-state index is 12.9. The van der Waals surface area contributed by atoms with Gasteiger partial charge in [-0.25, -0.2) is 4.98 Å². The summed E-state index contributed by atoms with van der Waals surface area (Å²) in [6, 6.07) is 5.76. The van der Waals surface area contributed by atoms with Gasteiger partial charge in [-0.05, 0) is 37.1 Å². The quantitative estimate of drug-likeness (QED) is 0.514. The molecule has 1 saturated heterocycles. The van der Waals surface area contributed by atoms with Gasteiger partial charge in [-0.15, -0.1) is 0 Å². The highest BCUT2D eigenvalue weighted by molar-refractivity contribution is 5.96. The Balaban J connectivity index is 1.56. The van der Waals surface area contributed by atoms with Crippen molar-refractivity contribution in [3.05, 3.63) is 65.0 Å². The predicted molar refractivity (Wildman–Crippen MR) is 114 cm³/mol. The van der Waals surface area contributed by atoms with E-state index in [1.807, 2.05) is 19.1 Å². The molecule has 0 radical (unpaired) electrons. The van der Waals surface area contributed by atoms with Crippen LogP contribution in [0.1, 0.15) is 23.7 Å². The fourth-order valence-electron chi connectivity index (χ4n) is 4.17. The van der Waals surface area contributed by atoms with E-state index in [4.69, 9.17) is 0 Å².